The molecule has 0 aliphatic rings. The van der Waals surface area contributed by atoms with Crippen molar-refractivity contribution in [2.45, 2.75) is 32.9 Å². The predicted molar refractivity (Wildman–Crippen MR) is 64.9 cm³/mol. The van der Waals surface area contributed by atoms with E-state index in [2.05, 4.69) is 42.2 Å². The molecular formula is C12H23N3. The second-order valence-electron chi connectivity index (χ2n) is 4.13. The lowest BCUT2D eigenvalue weighted by molar-refractivity contribution is 0.252. The van der Waals surface area contributed by atoms with Crippen molar-refractivity contribution in [2.75, 3.05) is 20.1 Å². The third kappa shape index (κ3) is 4.49. The summed E-state index contributed by atoms with van der Waals surface area (Å²) in [5, 5.41) is 3.44. The summed E-state index contributed by atoms with van der Waals surface area (Å²) in [7, 11) is 2.19. The lowest BCUT2D eigenvalue weighted by Gasteiger charge is -2.23. The van der Waals surface area contributed by atoms with Crippen molar-refractivity contribution in [3.63, 3.8) is 0 Å². The summed E-state index contributed by atoms with van der Waals surface area (Å²) in [5.74, 6) is 0. The second-order valence-corrected chi connectivity index (χ2v) is 4.13. The highest BCUT2D eigenvalue weighted by atomic mass is 15.1. The number of nitrogens with one attached hydrogen (secondary N) is 2. The summed E-state index contributed by atoms with van der Waals surface area (Å²) < 4.78 is 0. The van der Waals surface area contributed by atoms with Crippen molar-refractivity contribution in [3.05, 3.63) is 24.0 Å². The molecule has 2 N–H and O–H groups in total. The molecule has 1 atom stereocenters. The molecule has 1 heterocycles. The van der Waals surface area contributed by atoms with E-state index < -0.39 is 0 Å². The van der Waals surface area contributed by atoms with Gasteiger partial charge >= 0.3 is 0 Å². The Morgan fingerprint density at radius 1 is 1.53 bits per heavy atom. The van der Waals surface area contributed by atoms with Gasteiger partial charge in [-0.1, -0.05) is 6.92 Å². The smallest absolute Gasteiger partial charge is 0.0220 e. The molecule has 1 aromatic heterocycles. The van der Waals surface area contributed by atoms with E-state index in [9.17, 15) is 0 Å². The molecule has 0 amide bonds. The second kappa shape index (κ2) is 6.64. The molecule has 1 rings (SSSR count). The number of nitrogens with zero attached hydrogens (tertiary/aromatic N) is 1. The first-order chi connectivity index (χ1) is 7.24. The van der Waals surface area contributed by atoms with Crippen LogP contribution in [0.15, 0.2) is 18.5 Å². The minimum absolute atomic E-state index is 0.680. The summed E-state index contributed by atoms with van der Waals surface area (Å²) in [6, 6.07) is 2.78. The summed E-state index contributed by atoms with van der Waals surface area (Å²) >= 11 is 0. The van der Waals surface area contributed by atoms with Gasteiger partial charge in [0.05, 0.1) is 0 Å². The van der Waals surface area contributed by atoms with Crippen molar-refractivity contribution in [1.82, 2.24) is 15.2 Å². The fourth-order valence-corrected chi connectivity index (χ4v) is 1.49. The van der Waals surface area contributed by atoms with E-state index in [-0.39, 0.29) is 0 Å². The van der Waals surface area contributed by atoms with Gasteiger partial charge in [0.2, 0.25) is 0 Å². The Morgan fingerprint density at radius 2 is 2.33 bits per heavy atom. The Hall–Kier alpha value is -0.800. The van der Waals surface area contributed by atoms with Crippen LogP contribution >= 0.6 is 0 Å². The molecule has 0 saturated carbocycles. The van der Waals surface area contributed by atoms with Crippen LogP contribution < -0.4 is 5.32 Å². The minimum atomic E-state index is 0.680. The Balaban J connectivity index is 2.06. The Kier molecular flexibility index (Phi) is 5.43. The standard InChI is InChI=1S/C12H23N3/c1-4-11(2)15(3)8-7-14-10-12-5-6-13-9-12/h5-6,9,11,13-14H,4,7-8,10H2,1-3H3. The van der Waals surface area contributed by atoms with E-state index in [0.717, 1.165) is 19.6 Å². The van der Waals surface area contributed by atoms with Crippen molar-refractivity contribution in [3.8, 4) is 0 Å². The molecule has 1 unspecified atom stereocenters. The molecule has 3 nitrogen and oxygen atoms in total. The largest absolute Gasteiger partial charge is 0.367 e. The topological polar surface area (TPSA) is 31.1 Å². The molecule has 0 saturated heterocycles. The van der Waals surface area contributed by atoms with Crippen molar-refractivity contribution < 1.29 is 0 Å². The number of aromatic amines is 1. The van der Waals surface area contributed by atoms with Gasteiger partial charge in [-0.25, -0.2) is 0 Å². The van der Waals surface area contributed by atoms with Crippen LogP contribution in [0.2, 0.25) is 0 Å². The monoisotopic (exact) mass is 209 g/mol. The van der Waals surface area contributed by atoms with Crippen LogP contribution in [0.1, 0.15) is 25.8 Å². The van der Waals surface area contributed by atoms with Gasteiger partial charge in [-0.05, 0) is 32.0 Å². The zero-order chi connectivity index (χ0) is 11.1. The summed E-state index contributed by atoms with van der Waals surface area (Å²) in [5.41, 5.74) is 1.32. The van der Waals surface area contributed by atoms with E-state index in [1.54, 1.807) is 0 Å². The van der Waals surface area contributed by atoms with E-state index >= 15 is 0 Å². The van der Waals surface area contributed by atoms with Crippen LogP contribution in [-0.2, 0) is 6.54 Å². The summed E-state index contributed by atoms with van der Waals surface area (Å²) in [6.45, 7) is 7.61. The summed E-state index contributed by atoms with van der Waals surface area (Å²) in [6.07, 6.45) is 5.21. The average Bonchev–Trinajstić information content (AvgIpc) is 2.75. The quantitative estimate of drug-likeness (QED) is 0.671. The molecule has 0 radical (unpaired) electrons. The molecule has 3 heteroatoms. The number of H-pyrrole nitrogens is 1. The fraction of sp³-hybridized carbons (Fsp3) is 0.667. The maximum atomic E-state index is 3.44. The molecule has 0 spiro atoms. The molecule has 0 aliphatic heterocycles. The predicted octanol–water partition coefficient (Wildman–Crippen LogP) is 1.83. The molecule has 0 aromatic carbocycles. The van der Waals surface area contributed by atoms with Crippen LogP contribution in [-0.4, -0.2) is 36.1 Å². The number of rotatable bonds is 7. The minimum Gasteiger partial charge on any atom is -0.367 e. The van der Waals surface area contributed by atoms with E-state index in [1.807, 2.05) is 12.4 Å². The Morgan fingerprint density at radius 3 is 2.93 bits per heavy atom. The van der Waals surface area contributed by atoms with Crippen LogP contribution in [0.4, 0.5) is 0 Å². The molecule has 1 aromatic rings. The molecule has 15 heavy (non-hydrogen) atoms. The van der Waals surface area contributed by atoms with Gasteiger partial charge in [0.1, 0.15) is 0 Å². The van der Waals surface area contributed by atoms with Crippen molar-refractivity contribution in [2.24, 2.45) is 0 Å². The van der Waals surface area contributed by atoms with Crippen molar-refractivity contribution >= 4 is 0 Å². The third-order valence-electron chi connectivity index (χ3n) is 2.98. The lowest BCUT2D eigenvalue weighted by atomic mass is 10.2. The molecule has 0 bridgehead atoms. The third-order valence-corrected chi connectivity index (χ3v) is 2.98. The van der Waals surface area contributed by atoms with Gasteiger partial charge in [0, 0.05) is 38.1 Å². The fourth-order valence-electron chi connectivity index (χ4n) is 1.49. The molecule has 0 fully saturated rings. The van der Waals surface area contributed by atoms with Gasteiger partial charge in [0.15, 0.2) is 0 Å². The number of likely N-dealkylation sites (N-methyl/N-ethyl adjacent to an activating group) is 1. The zero-order valence-corrected chi connectivity index (χ0v) is 10.1. The van der Waals surface area contributed by atoms with Gasteiger partial charge < -0.3 is 15.2 Å². The highest BCUT2D eigenvalue weighted by Gasteiger charge is 2.04. The first-order valence-electron chi connectivity index (χ1n) is 5.76. The lowest BCUT2D eigenvalue weighted by Crippen LogP contribution is -2.34. The number of hydrogen-bond acceptors (Lipinski definition) is 2. The van der Waals surface area contributed by atoms with Gasteiger partial charge in [0.25, 0.3) is 0 Å². The van der Waals surface area contributed by atoms with Gasteiger partial charge in [-0.2, -0.15) is 0 Å². The Labute approximate surface area is 92.9 Å². The average molecular weight is 209 g/mol. The molecule has 0 aliphatic carbocycles. The Bertz CT molecular complexity index is 243. The van der Waals surface area contributed by atoms with E-state index in [0.29, 0.717) is 6.04 Å². The van der Waals surface area contributed by atoms with Crippen LogP contribution in [0.5, 0.6) is 0 Å². The number of hydrogen-bond donors (Lipinski definition) is 2. The normalized spacial score (nSPS) is 13.3. The first-order valence-corrected chi connectivity index (χ1v) is 5.76. The van der Waals surface area contributed by atoms with E-state index in [1.165, 1.54) is 12.0 Å². The maximum absolute atomic E-state index is 3.44. The van der Waals surface area contributed by atoms with E-state index in [4.69, 9.17) is 0 Å². The van der Waals surface area contributed by atoms with Crippen LogP contribution in [0.3, 0.4) is 0 Å². The SMILES string of the molecule is CCC(C)N(C)CCNCc1cc[nH]c1. The van der Waals surface area contributed by atoms with Gasteiger partial charge in [-0.15, -0.1) is 0 Å². The van der Waals surface area contributed by atoms with Crippen LogP contribution in [0.25, 0.3) is 0 Å². The highest BCUT2D eigenvalue weighted by molar-refractivity contribution is 5.07. The highest BCUT2D eigenvalue weighted by Crippen LogP contribution is 1.99. The summed E-state index contributed by atoms with van der Waals surface area (Å²) in [4.78, 5) is 5.45. The van der Waals surface area contributed by atoms with Crippen LogP contribution in [0, 0.1) is 0 Å². The maximum Gasteiger partial charge on any atom is 0.0220 e. The number of aromatic nitrogens is 1. The zero-order valence-electron chi connectivity index (χ0n) is 10.1. The van der Waals surface area contributed by atoms with Crippen molar-refractivity contribution in [1.29, 1.82) is 0 Å². The van der Waals surface area contributed by atoms with Gasteiger partial charge in [-0.3, -0.25) is 0 Å². The molecule has 86 valence electrons. The first kappa shape index (κ1) is 12.3. The molecular weight excluding hydrogens is 186 g/mol.